The Morgan fingerprint density at radius 3 is 2.65 bits per heavy atom. The number of thiophene rings is 1. The Morgan fingerprint density at radius 1 is 1.32 bits per heavy atom. The van der Waals surface area contributed by atoms with Crippen LogP contribution in [-0.2, 0) is 27.6 Å². The molecule has 5 rings (SSSR count). The van der Waals surface area contributed by atoms with E-state index < -0.39 is 26.7 Å². The monoisotopic (exact) mass is 552 g/mol. The summed E-state index contributed by atoms with van der Waals surface area (Å²) >= 11 is 1.73. The van der Waals surface area contributed by atoms with Gasteiger partial charge >= 0.3 is 6.03 Å². The number of alkyl halides is 1. The summed E-state index contributed by atoms with van der Waals surface area (Å²) < 4.78 is 37.3. The minimum atomic E-state index is -3.83. The topological polar surface area (TPSA) is 112 Å². The molecule has 9 nitrogen and oxygen atoms in total. The van der Waals surface area contributed by atoms with Crippen LogP contribution < -0.4 is 5.48 Å². The summed E-state index contributed by atoms with van der Waals surface area (Å²) in [6, 6.07) is 5.94. The number of nitrogens with one attached hydrogen (secondary N) is 1. The van der Waals surface area contributed by atoms with Gasteiger partial charge in [0, 0.05) is 59.6 Å². The average molecular weight is 553 g/mol. The van der Waals surface area contributed by atoms with E-state index in [9.17, 15) is 22.4 Å². The van der Waals surface area contributed by atoms with Gasteiger partial charge in [-0.25, -0.2) is 23.1 Å². The number of rotatable bonds is 11. The molecule has 37 heavy (non-hydrogen) atoms. The lowest BCUT2D eigenvalue weighted by Gasteiger charge is -2.37. The first kappa shape index (κ1) is 26.3. The summed E-state index contributed by atoms with van der Waals surface area (Å²) in [6.45, 7) is 3.78. The molecule has 0 spiro atoms. The van der Waals surface area contributed by atoms with Crippen LogP contribution in [0.5, 0.6) is 0 Å². The molecule has 2 fully saturated rings. The summed E-state index contributed by atoms with van der Waals surface area (Å²) in [5.74, 6) is -1.02. The van der Waals surface area contributed by atoms with Crippen molar-refractivity contribution >= 4 is 33.1 Å². The van der Waals surface area contributed by atoms with Crippen LogP contribution >= 0.6 is 11.3 Å². The molecule has 1 aliphatic carbocycles. The molecule has 2 aromatic rings. The van der Waals surface area contributed by atoms with Crippen molar-refractivity contribution in [2.75, 3.05) is 32.4 Å². The minimum Gasteiger partial charge on any atom is -0.318 e. The summed E-state index contributed by atoms with van der Waals surface area (Å²) in [4.78, 5) is 31.2. The maximum atomic E-state index is 13.1. The lowest BCUT2D eigenvalue weighted by atomic mass is 9.97. The van der Waals surface area contributed by atoms with Gasteiger partial charge in [-0.1, -0.05) is 0 Å². The molecule has 2 aliphatic heterocycles. The Bertz CT molecular complexity index is 1310. The fourth-order valence-electron chi connectivity index (χ4n) is 5.30. The predicted molar refractivity (Wildman–Crippen MR) is 138 cm³/mol. The van der Waals surface area contributed by atoms with E-state index in [2.05, 4.69) is 17.0 Å². The van der Waals surface area contributed by atoms with E-state index in [1.807, 2.05) is 12.3 Å². The van der Waals surface area contributed by atoms with E-state index in [0.29, 0.717) is 25.0 Å². The number of amides is 2. The molecular weight excluding hydrogens is 519 g/mol. The van der Waals surface area contributed by atoms with Crippen molar-refractivity contribution in [3.8, 4) is 10.4 Å². The Morgan fingerprint density at radius 2 is 2.05 bits per heavy atom. The van der Waals surface area contributed by atoms with Gasteiger partial charge in [0.2, 0.25) is 0 Å². The highest BCUT2D eigenvalue weighted by Crippen LogP contribution is 2.51. The second-order valence-corrected chi connectivity index (χ2v) is 14.7. The van der Waals surface area contributed by atoms with Crippen LogP contribution in [0, 0.1) is 5.41 Å². The molecule has 1 saturated heterocycles. The smallest absolute Gasteiger partial charge is 0.318 e. The summed E-state index contributed by atoms with van der Waals surface area (Å²) in [5, 5.41) is 9.00. The van der Waals surface area contributed by atoms with Crippen LogP contribution in [0.1, 0.15) is 43.2 Å². The maximum Gasteiger partial charge on any atom is 0.328 e. The third-order valence-corrected chi connectivity index (χ3v) is 11.5. The van der Waals surface area contributed by atoms with E-state index in [1.165, 1.54) is 35.0 Å². The first-order valence-corrected chi connectivity index (χ1v) is 15.2. The lowest BCUT2D eigenvalue weighted by molar-refractivity contribution is -0.131. The molecule has 0 unspecified atom stereocenters. The van der Waals surface area contributed by atoms with Crippen LogP contribution in [0.2, 0.25) is 0 Å². The highest BCUT2D eigenvalue weighted by atomic mass is 32.2. The second-order valence-electron chi connectivity index (χ2n) is 11.0. The van der Waals surface area contributed by atoms with Crippen LogP contribution in [-0.4, -0.2) is 83.3 Å². The second kappa shape index (κ2) is 9.48. The number of sulfone groups is 1. The maximum absolute atomic E-state index is 13.1. The summed E-state index contributed by atoms with van der Waals surface area (Å²) in [6.07, 6.45) is 6.51. The third kappa shape index (κ3) is 5.08. The van der Waals surface area contributed by atoms with Crippen molar-refractivity contribution in [1.82, 2.24) is 19.8 Å². The molecule has 1 saturated carbocycles. The Hall–Kier alpha value is -2.28. The fourth-order valence-corrected chi connectivity index (χ4v) is 7.13. The van der Waals surface area contributed by atoms with Crippen molar-refractivity contribution in [2.45, 2.75) is 56.5 Å². The molecule has 3 aliphatic rings. The van der Waals surface area contributed by atoms with Crippen LogP contribution in [0.3, 0.4) is 0 Å². The van der Waals surface area contributed by atoms with E-state index in [4.69, 9.17) is 5.21 Å². The first-order chi connectivity index (χ1) is 17.4. The van der Waals surface area contributed by atoms with Crippen molar-refractivity contribution in [1.29, 1.82) is 0 Å². The molecule has 4 heterocycles. The van der Waals surface area contributed by atoms with Crippen molar-refractivity contribution in [3.63, 3.8) is 0 Å². The van der Waals surface area contributed by atoms with Crippen molar-refractivity contribution in [2.24, 2.45) is 5.41 Å². The van der Waals surface area contributed by atoms with E-state index in [1.54, 1.807) is 15.9 Å². The number of carbonyl (C=O) groups is 2. The van der Waals surface area contributed by atoms with Gasteiger partial charge in [0.05, 0.1) is 6.54 Å². The van der Waals surface area contributed by atoms with Crippen molar-refractivity contribution in [3.05, 3.63) is 35.0 Å². The number of likely N-dealkylation sites (tertiary alicyclic amines) is 1. The molecule has 1 atom stereocenters. The quantitative estimate of drug-likeness (QED) is 0.327. The molecule has 2 aromatic heterocycles. The SMILES string of the molecule is C[C@@](CCN1Cc2cc(-c3ccc(CCC4(CN5CC(F)C5)CC4)s3)cn2C1=O)(C(=O)NO)S(C)(=O)=O. The zero-order valence-corrected chi connectivity index (χ0v) is 22.7. The minimum absolute atomic E-state index is 0.0567. The van der Waals surface area contributed by atoms with Gasteiger partial charge < -0.3 is 4.90 Å². The van der Waals surface area contributed by atoms with E-state index >= 15 is 0 Å². The van der Waals surface area contributed by atoms with Crippen LogP contribution in [0.15, 0.2) is 24.4 Å². The number of hydrogen-bond acceptors (Lipinski definition) is 7. The molecule has 12 heteroatoms. The van der Waals surface area contributed by atoms with Gasteiger partial charge in [-0.15, -0.1) is 11.3 Å². The van der Waals surface area contributed by atoms with E-state index in [-0.39, 0.29) is 19.0 Å². The van der Waals surface area contributed by atoms with Gasteiger partial charge in [0.15, 0.2) is 14.6 Å². The van der Waals surface area contributed by atoms with Gasteiger partial charge in [0.25, 0.3) is 5.91 Å². The summed E-state index contributed by atoms with van der Waals surface area (Å²) in [7, 11) is -3.83. The largest absolute Gasteiger partial charge is 0.328 e. The van der Waals surface area contributed by atoms with Gasteiger partial charge in [-0.3, -0.25) is 19.5 Å². The first-order valence-electron chi connectivity index (χ1n) is 12.5. The molecular formula is C25H33FN4O5S2. The van der Waals surface area contributed by atoms with Crippen LogP contribution in [0.4, 0.5) is 9.18 Å². The summed E-state index contributed by atoms with van der Waals surface area (Å²) in [5.41, 5.74) is 3.56. The zero-order valence-electron chi connectivity index (χ0n) is 21.1. The Labute approximate surface area is 220 Å². The predicted octanol–water partition coefficient (Wildman–Crippen LogP) is 3.07. The number of aromatic nitrogens is 1. The standard InChI is InChI=1S/C25H33FN4O5S2/c1-24(22(31)27-33,37(2,34)35)9-10-29-15-19-11-17(12-30(19)23(29)32)21-4-3-20(36-21)5-6-25(7-8-25)16-28-13-18(26)14-28/h3-4,11-12,18,33H,5-10,13-16H2,1-2H3,(H,27,31)/t24-/m1/s1. The number of hydroxylamine groups is 1. The lowest BCUT2D eigenvalue weighted by Crippen LogP contribution is -2.50. The molecule has 0 radical (unpaired) electrons. The Balaban J connectivity index is 1.18. The number of aryl methyl sites for hydroxylation is 1. The normalized spacial score (nSPS) is 21.0. The van der Waals surface area contributed by atoms with Crippen LogP contribution in [0.25, 0.3) is 10.4 Å². The van der Waals surface area contributed by atoms with Gasteiger partial charge in [-0.2, -0.15) is 0 Å². The molecule has 2 amide bonds. The number of carbonyl (C=O) groups excluding carboxylic acids is 2. The molecule has 202 valence electrons. The van der Waals surface area contributed by atoms with E-state index in [0.717, 1.165) is 41.8 Å². The number of halogens is 1. The number of nitrogens with zero attached hydrogens (tertiary/aromatic N) is 3. The number of hydrogen-bond donors (Lipinski definition) is 2. The number of fused-ring (bicyclic) bond motifs is 1. The highest BCUT2D eigenvalue weighted by Gasteiger charge is 2.46. The molecule has 0 aromatic carbocycles. The zero-order chi connectivity index (χ0) is 26.6. The van der Waals surface area contributed by atoms with Gasteiger partial charge in [-0.05, 0) is 62.6 Å². The van der Waals surface area contributed by atoms with Crippen molar-refractivity contribution < 1.29 is 27.6 Å². The average Bonchev–Trinajstić information content (AvgIpc) is 3.14. The van der Waals surface area contributed by atoms with Gasteiger partial charge in [0.1, 0.15) is 6.17 Å². The Kier molecular flexibility index (Phi) is 6.74. The molecule has 2 N–H and O–H groups in total. The third-order valence-electron chi connectivity index (χ3n) is 8.26. The molecule has 0 bridgehead atoms. The fraction of sp³-hybridized carbons (Fsp3) is 0.600. The highest BCUT2D eigenvalue weighted by molar-refractivity contribution is 7.92.